The number of carbonyl (C=O) groups excluding carboxylic acids is 2. The highest BCUT2D eigenvalue weighted by atomic mass is 19.1. The van der Waals surface area contributed by atoms with Crippen molar-refractivity contribution in [2.75, 3.05) is 13.2 Å². The normalized spacial score (nSPS) is 21.9. The van der Waals surface area contributed by atoms with Crippen LogP contribution in [0.1, 0.15) is 37.7 Å². The minimum Gasteiger partial charge on any atom is -0.347 e. The zero-order chi connectivity index (χ0) is 17.7. The maximum absolute atomic E-state index is 12.8. The molecule has 0 bridgehead atoms. The third-order valence-corrected chi connectivity index (χ3v) is 4.59. The van der Waals surface area contributed by atoms with E-state index >= 15 is 0 Å². The second kappa shape index (κ2) is 7.93. The van der Waals surface area contributed by atoms with Crippen molar-refractivity contribution in [1.82, 2.24) is 10.6 Å². The third-order valence-electron chi connectivity index (χ3n) is 4.59. The van der Waals surface area contributed by atoms with Gasteiger partial charge in [0.1, 0.15) is 11.9 Å². The van der Waals surface area contributed by atoms with E-state index in [0.717, 1.165) is 25.7 Å². The van der Waals surface area contributed by atoms with Gasteiger partial charge in [0.2, 0.25) is 0 Å². The lowest BCUT2D eigenvalue weighted by Crippen LogP contribution is -2.43. The van der Waals surface area contributed by atoms with E-state index in [1.54, 1.807) is 12.1 Å². The van der Waals surface area contributed by atoms with Crippen LogP contribution in [0.25, 0.3) is 0 Å². The fraction of sp³-hybridized carbons (Fsp3) is 0.556. The van der Waals surface area contributed by atoms with Gasteiger partial charge in [0, 0.05) is 25.9 Å². The standard InChI is InChI=1S/C18H23FN2O4/c19-14-6-4-13(5-7-14)10-20-16(22)17(23)21-11-15-12-24-18(25-15)8-2-1-3-9-18/h4-7,15H,1-3,8-12H2,(H,20,22)(H,21,23)/t15-/m1/s1. The second-order valence-corrected chi connectivity index (χ2v) is 6.54. The lowest BCUT2D eigenvalue weighted by molar-refractivity contribution is -0.186. The first-order valence-electron chi connectivity index (χ1n) is 8.69. The molecule has 1 aliphatic carbocycles. The SMILES string of the molecule is O=C(NCc1ccc(F)cc1)C(=O)NC[C@@H]1COC2(CCCCC2)O1. The summed E-state index contributed by atoms with van der Waals surface area (Å²) >= 11 is 0. The Balaban J connectivity index is 1.38. The Morgan fingerprint density at radius 3 is 2.48 bits per heavy atom. The Hall–Kier alpha value is -1.99. The number of halogens is 1. The highest BCUT2D eigenvalue weighted by molar-refractivity contribution is 6.35. The molecule has 6 nitrogen and oxygen atoms in total. The zero-order valence-corrected chi connectivity index (χ0v) is 14.1. The van der Waals surface area contributed by atoms with Gasteiger partial charge in [-0.05, 0) is 30.5 Å². The van der Waals surface area contributed by atoms with E-state index in [-0.39, 0.29) is 25.0 Å². The summed E-state index contributed by atoms with van der Waals surface area (Å²) in [7, 11) is 0. The first kappa shape index (κ1) is 17.8. The fourth-order valence-electron chi connectivity index (χ4n) is 3.22. The van der Waals surface area contributed by atoms with Crippen molar-refractivity contribution in [2.45, 2.75) is 50.5 Å². The van der Waals surface area contributed by atoms with Crippen LogP contribution in [0.3, 0.4) is 0 Å². The van der Waals surface area contributed by atoms with Gasteiger partial charge in [-0.2, -0.15) is 0 Å². The van der Waals surface area contributed by atoms with Crippen LogP contribution in [-0.2, 0) is 25.6 Å². The number of amides is 2. The molecule has 1 aromatic carbocycles. The molecule has 2 N–H and O–H groups in total. The molecule has 1 spiro atoms. The van der Waals surface area contributed by atoms with Crippen LogP contribution in [0.2, 0.25) is 0 Å². The highest BCUT2D eigenvalue weighted by Gasteiger charge is 2.42. The van der Waals surface area contributed by atoms with E-state index in [4.69, 9.17) is 9.47 Å². The summed E-state index contributed by atoms with van der Waals surface area (Å²) in [5, 5.41) is 5.08. The van der Waals surface area contributed by atoms with Crippen molar-refractivity contribution in [3.8, 4) is 0 Å². The summed E-state index contributed by atoms with van der Waals surface area (Å²) in [5.74, 6) is -2.27. The molecule has 1 aromatic rings. The van der Waals surface area contributed by atoms with E-state index < -0.39 is 17.6 Å². The Morgan fingerprint density at radius 2 is 1.76 bits per heavy atom. The van der Waals surface area contributed by atoms with Gasteiger partial charge >= 0.3 is 11.8 Å². The van der Waals surface area contributed by atoms with Crippen molar-refractivity contribution in [2.24, 2.45) is 0 Å². The molecule has 7 heteroatoms. The molecule has 2 fully saturated rings. The van der Waals surface area contributed by atoms with E-state index in [2.05, 4.69) is 10.6 Å². The molecule has 0 unspecified atom stereocenters. The Morgan fingerprint density at radius 1 is 1.08 bits per heavy atom. The second-order valence-electron chi connectivity index (χ2n) is 6.54. The van der Waals surface area contributed by atoms with Gasteiger partial charge in [-0.15, -0.1) is 0 Å². The zero-order valence-electron chi connectivity index (χ0n) is 14.1. The van der Waals surface area contributed by atoms with Gasteiger partial charge in [-0.1, -0.05) is 18.6 Å². The molecule has 1 saturated heterocycles. The van der Waals surface area contributed by atoms with Crippen molar-refractivity contribution in [1.29, 1.82) is 0 Å². The number of hydrogen-bond acceptors (Lipinski definition) is 4. The van der Waals surface area contributed by atoms with E-state index in [1.165, 1.54) is 18.6 Å². The van der Waals surface area contributed by atoms with E-state index in [0.29, 0.717) is 12.2 Å². The smallest absolute Gasteiger partial charge is 0.309 e. The largest absolute Gasteiger partial charge is 0.347 e. The first-order chi connectivity index (χ1) is 12.1. The van der Waals surface area contributed by atoms with Crippen molar-refractivity contribution in [3.05, 3.63) is 35.6 Å². The van der Waals surface area contributed by atoms with Crippen LogP contribution in [0.4, 0.5) is 4.39 Å². The van der Waals surface area contributed by atoms with Crippen molar-refractivity contribution < 1.29 is 23.5 Å². The van der Waals surface area contributed by atoms with Gasteiger partial charge in [0.05, 0.1) is 6.61 Å². The Labute approximate surface area is 146 Å². The summed E-state index contributed by atoms with van der Waals surface area (Å²) in [6, 6.07) is 5.72. The minimum absolute atomic E-state index is 0.165. The molecular weight excluding hydrogens is 327 g/mol. The summed E-state index contributed by atoms with van der Waals surface area (Å²) < 4.78 is 24.6. The highest BCUT2D eigenvalue weighted by Crippen LogP contribution is 2.37. The average Bonchev–Trinajstić information content (AvgIpc) is 3.02. The van der Waals surface area contributed by atoms with E-state index in [9.17, 15) is 14.0 Å². The molecule has 1 aliphatic heterocycles. The summed E-state index contributed by atoms with van der Waals surface area (Å²) in [5.41, 5.74) is 0.717. The third kappa shape index (κ3) is 4.76. The number of carbonyl (C=O) groups is 2. The number of ether oxygens (including phenoxy) is 2. The monoisotopic (exact) mass is 350 g/mol. The molecule has 25 heavy (non-hydrogen) atoms. The van der Waals surface area contributed by atoms with Crippen LogP contribution in [-0.4, -0.2) is 36.9 Å². The quantitative estimate of drug-likeness (QED) is 0.810. The van der Waals surface area contributed by atoms with Gasteiger partial charge in [-0.25, -0.2) is 4.39 Å². The Kier molecular flexibility index (Phi) is 5.65. The van der Waals surface area contributed by atoms with Crippen LogP contribution in [0.5, 0.6) is 0 Å². The molecule has 1 saturated carbocycles. The summed E-state index contributed by atoms with van der Waals surface area (Å²) in [4.78, 5) is 23.7. The summed E-state index contributed by atoms with van der Waals surface area (Å²) in [6.07, 6.45) is 4.91. The van der Waals surface area contributed by atoms with Gasteiger partial charge in [-0.3, -0.25) is 9.59 Å². The minimum atomic E-state index is -0.726. The average molecular weight is 350 g/mol. The molecule has 1 atom stereocenters. The van der Waals surface area contributed by atoms with Crippen molar-refractivity contribution in [3.63, 3.8) is 0 Å². The number of rotatable bonds is 4. The first-order valence-corrected chi connectivity index (χ1v) is 8.69. The van der Waals surface area contributed by atoms with Crippen LogP contribution < -0.4 is 10.6 Å². The van der Waals surface area contributed by atoms with Gasteiger partial charge < -0.3 is 20.1 Å². The molecule has 1 heterocycles. The molecule has 2 aliphatic rings. The van der Waals surface area contributed by atoms with Crippen molar-refractivity contribution >= 4 is 11.8 Å². The Bertz CT molecular complexity index is 614. The maximum Gasteiger partial charge on any atom is 0.309 e. The van der Waals surface area contributed by atoms with E-state index in [1.807, 2.05) is 0 Å². The molecule has 0 aromatic heterocycles. The predicted octanol–water partition coefficient (Wildman–Crippen LogP) is 1.63. The fourth-order valence-corrected chi connectivity index (χ4v) is 3.22. The van der Waals surface area contributed by atoms with Crippen LogP contribution in [0, 0.1) is 5.82 Å². The maximum atomic E-state index is 12.8. The molecular formula is C18H23FN2O4. The summed E-state index contributed by atoms with van der Waals surface area (Å²) in [6.45, 7) is 0.834. The number of benzene rings is 1. The predicted molar refractivity (Wildman–Crippen MR) is 87.9 cm³/mol. The molecule has 0 radical (unpaired) electrons. The van der Waals surface area contributed by atoms with Gasteiger partial charge in [0.25, 0.3) is 0 Å². The topological polar surface area (TPSA) is 76.7 Å². The van der Waals surface area contributed by atoms with Crippen LogP contribution >= 0.6 is 0 Å². The van der Waals surface area contributed by atoms with Crippen LogP contribution in [0.15, 0.2) is 24.3 Å². The number of hydrogen-bond donors (Lipinski definition) is 2. The lowest BCUT2D eigenvalue weighted by Gasteiger charge is -2.31. The number of nitrogens with one attached hydrogen (secondary N) is 2. The van der Waals surface area contributed by atoms with Gasteiger partial charge in [0.15, 0.2) is 5.79 Å². The molecule has 3 rings (SSSR count). The molecule has 2 amide bonds. The lowest BCUT2D eigenvalue weighted by atomic mass is 9.94. The molecule has 136 valence electrons.